The molecule has 2 amide bonds. The van der Waals surface area contributed by atoms with Crippen molar-refractivity contribution < 1.29 is 24.2 Å². The molecule has 0 saturated heterocycles. The number of hydrazone groups is 1. The molecule has 8 heteroatoms. The van der Waals surface area contributed by atoms with Crippen LogP contribution in [-0.4, -0.2) is 43.4 Å². The number of nitrogens with zero attached hydrogens (tertiary/aromatic N) is 1. The van der Waals surface area contributed by atoms with Gasteiger partial charge in [-0.05, 0) is 26.0 Å². The van der Waals surface area contributed by atoms with E-state index in [1.165, 1.54) is 32.6 Å². The highest BCUT2D eigenvalue weighted by atomic mass is 16.5. The SMILES string of the molecule is COc1cc(/C=N/NC(=O)C(=O)NC(C)C)cc(OC)c1O. The Morgan fingerprint density at radius 3 is 2.18 bits per heavy atom. The van der Waals surface area contributed by atoms with Crippen molar-refractivity contribution in [3.63, 3.8) is 0 Å². The first-order valence-electron chi connectivity index (χ1n) is 6.48. The Bertz CT molecular complexity index is 559. The molecule has 0 saturated carbocycles. The van der Waals surface area contributed by atoms with E-state index in [2.05, 4.69) is 15.8 Å². The fourth-order valence-electron chi connectivity index (χ4n) is 1.53. The minimum Gasteiger partial charge on any atom is -0.502 e. The number of methoxy groups -OCH3 is 2. The van der Waals surface area contributed by atoms with E-state index in [4.69, 9.17) is 9.47 Å². The van der Waals surface area contributed by atoms with Crippen LogP contribution in [0.4, 0.5) is 0 Å². The zero-order chi connectivity index (χ0) is 16.7. The maximum absolute atomic E-state index is 11.4. The van der Waals surface area contributed by atoms with E-state index in [1.54, 1.807) is 13.8 Å². The first-order chi connectivity index (χ1) is 10.4. The first kappa shape index (κ1) is 17.3. The predicted octanol–water partition coefficient (Wildman–Crippen LogP) is 0.384. The van der Waals surface area contributed by atoms with Gasteiger partial charge in [0.25, 0.3) is 0 Å². The Hall–Kier alpha value is -2.77. The van der Waals surface area contributed by atoms with Crippen LogP contribution in [0.25, 0.3) is 0 Å². The maximum atomic E-state index is 11.4. The zero-order valence-corrected chi connectivity index (χ0v) is 12.8. The van der Waals surface area contributed by atoms with Crippen LogP contribution in [0.15, 0.2) is 17.2 Å². The maximum Gasteiger partial charge on any atom is 0.329 e. The van der Waals surface area contributed by atoms with Crippen molar-refractivity contribution in [3.05, 3.63) is 17.7 Å². The van der Waals surface area contributed by atoms with Gasteiger partial charge < -0.3 is 19.9 Å². The summed E-state index contributed by atoms with van der Waals surface area (Å²) in [5, 5.41) is 15.9. The van der Waals surface area contributed by atoms with Crippen molar-refractivity contribution in [2.75, 3.05) is 14.2 Å². The predicted molar refractivity (Wildman–Crippen MR) is 80.2 cm³/mol. The number of nitrogens with one attached hydrogen (secondary N) is 2. The Morgan fingerprint density at radius 2 is 1.73 bits per heavy atom. The summed E-state index contributed by atoms with van der Waals surface area (Å²) in [4.78, 5) is 22.8. The van der Waals surface area contributed by atoms with Crippen molar-refractivity contribution in [2.45, 2.75) is 19.9 Å². The van der Waals surface area contributed by atoms with Crippen molar-refractivity contribution in [3.8, 4) is 17.2 Å². The van der Waals surface area contributed by atoms with Crippen molar-refractivity contribution >= 4 is 18.0 Å². The molecule has 0 aromatic heterocycles. The number of phenolic OH excluding ortho intramolecular Hbond substituents is 1. The van der Waals surface area contributed by atoms with Crippen LogP contribution < -0.4 is 20.2 Å². The van der Waals surface area contributed by atoms with Crippen LogP contribution in [-0.2, 0) is 9.59 Å². The Labute approximate surface area is 128 Å². The van der Waals surface area contributed by atoms with Gasteiger partial charge >= 0.3 is 11.8 Å². The van der Waals surface area contributed by atoms with Gasteiger partial charge in [0.1, 0.15) is 0 Å². The van der Waals surface area contributed by atoms with E-state index in [1.807, 2.05) is 0 Å². The van der Waals surface area contributed by atoms with Gasteiger partial charge in [-0.15, -0.1) is 0 Å². The summed E-state index contributed by atoms with van der Waals surface area (Å²) in [6.07, 6.45) is 1.30. The highest BCUT2D eigenvalue weighted by Gasteiger charge is 2.13. The summed E-state index contributed by atoms with van der Waals surface area (Å²) in [5.74, 6) is -1.38. The zero-order valence-electron chi connectivity index (χ0n) is 12.8. The number of aromatic hydroxyl groups is 1. The van der Waals surface area contributed by atoms with E-state index >= 15 is 0 Å². The number of hydrogen-bond acceptors (Lipinski definition) is 6. The van der Waals surface area contributed by atoms with Crippen molar-refractivity contribution in [1.82, 2.24) is 10.7 Å². The molecule has 0 radical (unpaired) electrons. The number of carbonyl (C=O) groups excluding carboxylic acids is 2. The lowest BCUT2D eigenvalue weighted by Gasteiger charge is -2.09. The van der Waals surface area contributed by atoms with Gasteiger partial charge in [0, 0.05) is 11.6 Å². The molecule has 0 atom stereocenters. The topological polar surface area (TPSA) is 109 Å². The summed E-state index contributed by atoms with van der Waals surface area (Å²) in [6.45, 7) is 3.48. The molecule has 0 bridgehead atoms. The number of phenols is 1. The summed E-state index contributed by atoms with van der Waals surface area (Å²) in [6, 6.07) is 2.86. The lowest BCUT2D eigenvalue weighted by Crippen LogP contribution is -2.41. The molecule has 1 rings (SSSR count). The molecule has 120 valence electrons. The Morgan fingerprint density at radius 1 is 1.18 bits per heavy atom. The summed E-state index contributed by atoms with van der Waals surface area (Å²) in [7, 11) is 2.79. The van der Waals surface area contributed by atoms with E-state index in [0.29, 0.717) is 5.56 Å². The summed E-state index contributed by atoms with van der Waals surface area (Å²) >= 11 is 0. The van der Waals surface area contributed by atoms with E-state index < -0.39 is 11.8 Å². The molecule has 3 N–H and O–H groups in total. The fraction of sp³-hybridized carbons (Fsp3) is 0.357. The number of ether oxygens (including phenoxy) is 2. The lowest BCUT2D eigenvalue weighted by atomic mass is 10.2. The van der Waals surface area contributed by atoms with Crippen LogP contribution in [0.1, 0.15) is 19.4 Å². The highest BCUT2D eigenvalue weighted by molar-refractivity contribution is 6.35. The van der Waals surface area contributed by atoms with Crippen LogP contribution in [0.5, 0.6) is 17.2 Å². The molecule has 8 nitrogen and oxygen atoms in total. The van der Waals surface area contributed by atoms with Crippen molar-refractivity contribution in [1.29, 1.82) is 0 Å². The standard InChI is InChI=1S/C14H19N3O5/c1-8(2)16-13(19)14(20)17-15-7-9-5-10(21-3)12(18)11(6-9)22-4/h5-8,18H,1-4H3,(H,16,19)(H,17,20)/b15-7+. The third-order valence-electron chi connectivity index (χ3n) is 2.51. The van der Waals surface area contributed by atoms with Gasteiger partial charge in [0.15, 0.2) is 11.5 Å². The summed E-state index contributed by atoms with van der Waals surface area (Å²) in [5.41, 5.74) is 2.61. The van der Waals surface area contributed by atoms with Gasteiger partial charge in [-0.2, -0.15) is 5.10 Å². The third-order valence-corrected chi connectivity index (χ3v) is 2.51. The molecule has 22 heavy (non-hydrogen) atoms. The monoisotopic (exact) mass is 309 g/mol. The second-order valence-corrected chi connectivity index (χ2v) is 4.60. The number of benzene rings is 1. The van der Waals surface area contributed by atoms with Crippen LogP contribution in [0, 0.1) is 0 Å². The van der Waals surface area contributed by atoms with Gasteiger partial charge in [0.2, 0.25) is 5.75 Å². The average molecular weight is 309 g/mol. The highest BCUT2D eigenvalue weighted by Crippen LogP contribution is 2.36. The van der Waals surface area contributed by atoms with Crippen LogP contribution in [0.3, 0.4) is 0 Å². The second kappa shape index (κ2) is 7.87. The molecule has 0 aliphatic rings. The Kier molecular flexibility index (Phi) is 6.18. The second-order valence-electron chi connectivity index (χ2n) is 4.60. The van der Waals surface area contributed by atoms with Gasteiger partial charge in [-0.25, -0.2) is 5.43 Å². The minimum absolute atomic E-state index is 0.137. The largest absolute Gasteiger partial charge is 0.502 e. The minimum atomic E-state index is -0.873. The summed E-state index contributed by atoms with van der Waals surface area (Å²) < 4.78 is 9.99. The molecule has 0 heterocycles. The molecular formula is C14H19N3O5. The number of hydrogen-bond donors (Lipinski definition) is 3. The third kappa shape index (κ3) is 4.65. The molecule has 1 aromatic rings. The normalized spacial score (nSPS) is 10.6. The van der Waals surface area contributed by atoms with Gasteiger partial charge in [0.05, 0.1) is 20.4 Å². The Balaban J connectivity index is 2.78. The van der Waals surface area contributed by atoms with E-state index in [9.17, 15) is 14.7 Å². The number of rotatable bonds is 5. The molecule has 0 aliphatic heterocycles. The molecule has 0 fully saturated rings. The average Bonchev–Trinajstić information content (AvgIpc) is 2.47. The number of amides is 2. The molecule has 0 unspecified atom stereocenters. The van der Waals surface area contributed by atoms with Gasteiger partial charge in [-0.3, -0.25) is 9.59 Å². The van der Waals surface area contributed by atoms with E-state index in [-0.39, 0.29) is 23.3 Å². The lowest BCUT2D eigenvalue weighted by molar-refractivity contribution is -0.139. The smallest absolute Gasteiger partial charge is 0.329 e. The fourth-order valence-corrected chi connectivity index (χ4v) is 1.53. The quantitative estimate of drug-likeness (QED) is 0.414. The molecule has 0 aliphatic carbocycles. The molecular weight excluding hydrogens is 290 g/mol. The first-order valence-corrected chi connectivity index (χ1v) is 6.48. The molecule has 1 aromatic carbocycles. The van der Waals surface area contributed by atoms with Crippen molar-refractivity contribution in [2.24, 2.45) is 5.10 Å². The number of carbonyl (C=O) groups is 2. The van der Waals surface area contributed by atoms with Crippen LogP contribution >= 0.6 is 0 Å². The van der Waals surface area contributed by atoms with E-state index in [0.717, 1.165) is 0 Å². The molecule has 0 spiro atoms. The van der Waals surface area contributed by atoms with Crippen LogP contribution in [0.2, 0.25) is 0 Å². The van der Waals surface area contributed by atoms with Gasteiger partial charge in [-0.1, -0.05) is 0 Å².